The van der Waals surface area contributed by atoms with Crippen molar-refractivity contribution in [3.63, 3.8) is 0 Å². The van der Waals surface area contributed by atoms with Crippen molar-refractivity contribution in [2.75, 3.05) is 6.61 Å². The fourth-order valence-electron chi connectivity index (χ4n) is 3.92. The molecule has 0 spiro atoms. The third-order valence-corrected chi connectivity index (χ3v) is 9.72. The van der Waals surface area contributed by atoms with Crippen LogP contribution in [0.4, 0.5) is 0 Å². The minimum atomic E-state index is -4.09. The molecule has 2 aromatic carbocycles. The number of benzene rings is 2. The van der Waals surface area contributed by atoms with E-state index in [1.54, 1.807) is 6.92 Å². The summed E-state index contributed by atoms with van der Waals surface area (Å²) >= 11 is 4.04. The van der Waals surface area contributed by atoms with Gasteiger partial charge in [-0.3, -0.25) is 9.63 Å². The van der Waals surface area contributed by atoms with Gasteiger partial charge in [0.05, 0.1) is 23.1 Å². The average Bonchev–Trinajstić information content (AvgIpc) is 3.55. The molecule has 190 valence electrons. The maximum Gasteiger partial charge on any atom is 0.338 e. The van der Waals surface area contributed by atoms with Crippen LogP contribution in [0.3, 0.4) is 0 Å². The van der Waals surface area contributed by atoms with Crippen LogP contribution in [-0.4, -0.2) is 43.0 Å². The molecule has 3 aromatic rings. The second-order valence-electron chi connectivity index (χ2n) is 8.18. The molecular weight excluding hydrogens is 568 g/mol. The highest BCUT2D eigenvalue weighted by Gasteiger charge is 2.34. The average molecular weight is 594 g/mol. The topological polar surface area (TPSA) is 103 Å². The molecule has 0 radical (unpaired) electrons. The smallest absolute Gasteiger partial charge is 0.338 e. The van der Waals surface area contributed by atoms with Gasteiger partial charge in [0.2, 0.25) is 14.2 Å². The van der Waals surface area contributed by atoms with E-state index in [1.165, 1.54) is 29.3 Å². The van der Waals surface area contributed by atoms with Gasteiger partial charge in [-0.1, -0.05) is 60.6 Å². The zero-order valence-corrected chi connectivity index (χ0v) is 22.8. The van der Waals surface area contributed by atoms with E-state index in [1.807, 2.05) is 30.3 Å². The monoisotopic (exact) mass is 592 g/mol. The van der Waals surface area contributed by atoms with Gasteiger partial charge in [-0.05, 0) is 59.5 Å². The largest absolute Gasteiger partial charge is 0.462 e. The van der Waals surface area contributed by atoms with Crippen LogP contribution < -0.4 is 0 Å². The Hall–Kier alpha value is -2.60. The molecule has 0 bridgehead atoms. The van der Waals surface area contributed by atoms with Crippen LogP contribution in [-0.2, 0) is 26.0 Å². The summed E-state index contributed by atoms with van der Waals surface area (Å²) in [6, 6.07) is 15.0. The lowest BCUT2D eigenvalue weighted by Crippen LogP contribution is -2.38. The summed E-state index contributed by atoms with van der Waals surface area (Å²) < 4.78 is 31.5. The Morgan fingerprint density at radius 1 is 1.11 bits per heavy atom. The number of hydrogen-bond acceptors (Lipinski definition) is 8. The Bertz CT molecular complexity index is 1340. The Morgan fingerprint density at radius 3 is 2.53 bits per heavy atom. The normalized spacial score (nSPS) is 14.1. The Morgan fingerprint density at radius 2 is 1.83 bits per heavy atom. The maximum absolute atomic E-state index is 13.6. The van der Waals surface area contributed by atoms with Gasteiger partial charge in [-0.2, -0.15) is 0 Å². The molecule has 0 N–H and O–H groups in total. The number of esters is 1. The molecule has 1 aliphatic carbocycles. The highest BCUT2D eigenvalue weighted by Crippen LogP contribution is 2.34. The molecule has 0 unspecified atom stereocenters. The summed E-state index contributed by atoms with van der Waals surface area (Å²) in [6.45, 7) is 2.05. The van der Waals surface area contributed by atoms with Gasteiger partial charge in [0.15, 0.2) is 0 Å². The van der Waals surface area contributed by atoms with Crippen LogP contribution in [0.2, 0.25) is 0 Å². The van der Waals surface area contributed by atoms with E-state index in [2.05, 4.69) is 20.9 Å². The highest BCUT2D eigenvalue weighted by atomic mass is 79.9. The fraction of sp³-hybridized carbons (Fsp3) is 0.320. The molecule has 36 heavy (non-hydrogen) atoms. The lowest BCUT2D eigenvalue weighted by atomic mass is 10.2. The SMILES string of the molecule is CCOC(=O)c1cccc(S(=O)(=O)c2nc(Br)c(C(=O)N(OCc3ccccc3)C3CCCC3)s2)c1. The summed E-state index contributed by atoms with van der Waals surface area (Å²) in [7, 11) is -4.09. The number of aromatic nitrogens is 1. The standard InChI is InChI=1S/C25H25BrN2O6S2/c1-2-33-24(30)18-11-8-14-20(15-18)36(31,32)25-27-22(26)21(35-25)23(29)28(19-12-6-7-13-19)34-16-17-9-4-3-5-10-17/h3-5,8-11,14-15,19H,2,6-7,12-13,16H2,1H3. The zero-order chi connectivity index (χ0) is 25.7. The van der Waals surface area contributed by atoms with Crippen LogP contribution in [0.25, 0.3) is 0 Å². The molecule has 1 amide bonds. The predicted molar refractivity (Wildman–Crippen MR) is 137 cm³/mol. The van der Waals surface area contributed by atoms with Gasteiger partial charge in [-0.25, -0.2) is 23.3 Å². The number of thiazole rings is 1. The molecule has 0 aliphatic heterocycles. The minimum absolute atomic E-state index is 0.100. The van der Waals surface area contributed by atoms with Gasteiger partial charge >= 0.3 is 5.97 Å². The number of sulfone groups is 1. The van der Waals surface area contributed by atoms with Crippen LogP contribution in [0.15, 0.2) is 68.4 Å². The number of carbonyl (C=O) groups excluding carboxylic acids is 2. The first-order valence-electron chi connectivity index (χ1n) is 11.5. The van der Waals surface area contributed by atoms with E-state index < -0.39 is 21.7 Å². The first-order valence-corrected chi connectivity index (χ1v) is 14.6. The number of hydrogen-bond donors (Lipinski definition) is 0. The zero-order valence-electron chi connectivity index (χ0n) is 19.6. The molecule has 8 nitrogen and oxygen atoms in total. The molecule has 1 aromatic heterocycles. The van der Waals surface area contributed by atoms with Crippen LogP contribution in [0, 0.1) is 0 Å². The summed E-state index contributed by atoms with van der Waals surface area (Å²) in [6.07, 6.45) is 3.60. The van der Waals surface area contributed by atoms with Gasteiger partial charge in [0.25, 0.3) is 5.91 Å². The predicted octanol–water partition coefficient (Wildman–Crippen LogP) is 5.43. The van der Waals surface area contributed by atoms with Gasteiger partial charge in [-0.15, -0.1) is 0 Å². The maximum atomic E-state index is 13.6. The molecule has 1 heterocycles. The summed E-state index contributed by atoms with van der Waals surface area (Å²) in [5.41, 5.74) is 1.04. The van der Waals surface area contributed by atoms with Crippen LogP contribution in [0.5, 0.6) is 0 Å². The van der Waals surface area contributed by atoms with E-state index in [-0.39, 0.29) is 43.5 Å². The van der Waals surface area contributed by atoms with Crippen molar-refractivity contribution < 1.29 is 27.6 Å². The Balaban J connectivity index is 1.61. The molecule has 0 saturated heterocycles. The third kappa shape index (κ3) is 5.86. The molecule has 1 fully saturated rings. The summed E-state index contributed by atoms with van der Waals surface area (Å²) in [4.78, 5) is 35.8. The number of ether oxygens (including phenoxy) is 1. The van der Waals surface area contributed by atoms with E-state index in [9.17, 15) is 18.0 Å². The van der Waals surface area contributed by atoms with Crippen molar-refractivity contribution in [3.8, 4) is 0 Å². The molecule has 0 atom stereocenters. The molecular formula is C25H25BrN2O6S2. The second-order valence-corrected chi connectivity index (χ2v) is 12.1. The third-order valence-electron chi connectivity index (χ3n) is 5.72. The number of halogens is 1. The molecule has 1 aliphatic rings. The van der Waals surface area contributed by atoms with E-state index in [4.69, 9.17) is 9.57 Å². The summed E-state index contributed by atoms with van der Waals surface area (Å²) in [5.74, 6) is -1.06. The van der Waals surface area contributed by atoms with Crippen LogP contribution in [0.1, 0.15) is 58.2 Å². The van der Waals surface area contributed by atoms with E-state index in [0.29, 0.717) is 0 Å². The fourth-order valence-corrected chi connectivity index (χ4v) is 7.30. The van der Waals surface area contributed by atoms with Gasteiger partial charge in [0.1, 0.15) is 16.1 Å². The van der Waals surface area contributed by atoms with Crippen molar-refractivity contribution in [2.24, 2.45) is 0 Å². The molecule has 11 heteroatoms. The highest BCUT2D eigenvalue weighted by molar-refractivity contribution is 9.10. The van der Waals surface area contributed by atoms with Crippen molar-refractivity contribution >= 4 is 49.0 Å². The first-order chi connectivity index (χ1) is 17.3. The van der Waals surface area contributed by atoms with Gasteiger partial charge in [0, 0.05) is 0 Å². The number of amides is 1. The van der Waals surface area contributed by atoms with E-state index >= 15 is 0 Å². The number of rotatable bonds is 9. The minimum Gasteiger partial charge on any atom is -0.462 e. The Labute approximate surface area is 222 Å². The second kappa shape index (κ2) is 11.6. The lowest BCUT2D eigenvalue weighted by molar-refractivity contribution is -0.157. The van der Waals surface area contributed by atoms with Crippen molar-refractivity contribution in [2.45, 2.75) is 54.5 Å². The quantitative estimate of drug-likeness (QED) is 0.241. The van der Waals surface area contributed by atoms with Crippen LogP contribution >= 0.6 is 27.3 Å². The number of hydroxylamine groups is 2. The van der Waals surface area contributed by atoms with Crippen molar-refractivity contribution in [1.82, 2.24) is 10.0 Å². The van der Waals surface area contributed by atoms with Crippen molar-refractivity contribution in [1.29, 1.82) is 0 Å². The lowest BCUT2D eigenvalue weighted by Gasteiger charge is -2.27. The Kier molecular flexibility index (Phi) is 8.55. The number of carbonyl (C=O) groups is 2. The molecule has 1 saturated carbocycles. The van der Waals surface area contributed by atoms with Gasteiger partial charge < -0.3 is 4.74 Å². The summed E-state index contributed by atoms with van der Waals surface area (Å²) in [5, 5.41) is 1.37. The molecule has 4 rings (SSSR count). The number of nitrogens with zero attached hydrogens (tertiary/aromatic N) is 2. The first kappa shape index (κ1) is 26.5. The van der Waals surface area contributed by atoms with Crippen molar-refractivity contribution in [3.05, 3.63) is 75.2 Å². The van der Waals surface area contributed by atoms with E-state index in [0.717, 1.165) is 42.6 Å².